The van der Waals surface area contributed by atoms with Gasteiger partial charge in [-0.25, -0.2) is 9.97 Å². The highest BCUT2D eigenvalue weighted by Gasteiger charge is 2.62. The number of aromatic nitrogens is 2. The van der Waals surface area contributed by atoms with E-state index in [9.17, 15) is 4.79 Å². The van der Waals surface area contributed by atoms with Gasteiger partial charge in [-0.15, -0.1) is 11.3 Å². The predicted molar refractivity (Wildman–Crippen MR) is 131 cm³/mol. The topological polar surface area (TPSA) is 79.4 Å². The van der Waals surface area contributed by atoms with Gasteiger partial charge in [-0.1, -0.05) is 12.2 Å². The van der Waals surface area contributed by atoms with E-state index in [0.29, 0.717) is 17.3 Å². The number of fused-ring (bicyclic) bond motifs is 1. The number of nitrogens with one attached hydrogen (secondary N) is 2. The number of nitrogens with zero attached hydrogens (tertiary/aromatic N) is 3. The van der Waals surface area contributed by atoms with Crippen molar-refractivity contribution in [3.8, 4) is 0 Å². The fourth-order valence-electron chi connectivity index (χ4n) is 6.42. The summed E-state index contributed by atoms with van der Waals surface area (Å²) in [5.41, 5.74) is 1.55. The summed E-state index contributed by atoms with van der Waals surface area (Å²) in [5.74, 6) is 2.88. The molecule has 3 atom stereocenters. The maximum Gasteiger partial charge on any atom is 0.261 e. The van der Waals surface area contributed by atoms with Gasteiger partial charge in [0.25, 0.3) is 5.91 Å². The molecule has 0 radical (unpaired) electrons. The Morgan fingerprint density at radius 3 is 2.91 bits per heavy atom. The maximum atomic E-state index is 13.1. The summed E-state index contributed by atoms with van der Waals surface area (Å²) in [6, 6.07) is 0. The molecule has 1 saturated heterocycles. The molecular formula is C25H33N5O2S. The van der Waals surface area contributed by atoms with Gasteiger partial charge in [-0.3, -0.25) is 9.69 Å². The summed E-state index contributed by atoms with van der Waals surface area (Å²) in [6.07, 6.45) is 11.5. The van der Waals surface area contributed by atoms with Gasteiger partial charge in [0.15, 0.2) is 0 Å². The average Bonchev–Trinajstić information content (AvgIpc) is 3.39. The van der Waals surface area contributed by atoms with Gasteiger partial charge < -0.3 is 15.4 Å². The molecule has 3 aliphatic carbocycles. The third-order valence-electron chi connectivity index (χ3n) is 8.35. The van der Waals surface area contributed by atoms with Crippen molar-refractivity contribution in [3.63, 3.8) is 0 Å². The largest absolute Gasteiger partial charge is 0.379 e. The summed E-state index contributed by atoms with van der Waals surface area (Å²) in [4.78, 5) is 26.2. The first kappa shape index (κ1) is 21.5. The summed E-state index contributed by atoms with van der Waals surface area (Å²) < 4.78 is 5.42. The lowest BCUT2D eigenvalue weighted by Gasteiger charge is -2.26. The van der Waals surface area contributed by atoms with Crippen LogP contribution in [0.3, 0.4) is 0 Å². The molecule has 33 heavy (non-hydrogen) atoms. The number of ether oxygens (including phenoxy) is 1. The molecule has 0 unspecified atom stereocenters. The molecule has 3 heterocycles. The Kier molecular flexibility index (Phi) is 5.63. The second-order valence-electron chi connectivity index (χ2n) is 10.1. The predicted octanol–water partition coefficient (Wildman–Crippen LogP) is 3.47. The first-order chi connectivity index (χ1) is 16.2. The molecule has 4 aliphatic rings. The second-order valence-corrected chi connectivity index (χ2v) is 11.1. The molecule has 8 heteroatoms. The smallest absolute Gasteiger partial charge is 0.261 e. The van der Waals surface area contributed by atoms with Crippen LogP contribution in [-0.2, 0) is 4.74 Å². The summed E-state index contributed by atoms with van der Waals surface area (Å²) in [5, 5.41) is 7.73. The third-order valence-corrected chi connectivity index (χ3v) is 9.55. The van der Waals surface area contributed by atoms with Gasteiger partial charge in [0.1, 0.15) is 17.0 Å². The Morgan fingerprint density at radius 2 is 2.12 bits per heavy atom. The molecule has 2 aromatic rings. The highest BCUT2D eigenvalue weighted by atomic mass is 32.1. The van der Waals surface area contributed by atoms with Gasteiger partial charge in [0.05, 0.1) is 23.5 Å². The Balaban J connectivity index is 1.08. The van der Waals surface area contributed by atoms with Crippen LogP contribution in [-0.4, -0.2) is 66.7 Å². The lowest BCUT2D eigenvalue weighted by atomic mass is 9.89. The van der Waals surface area contributed by atoms with E-state index in [-0.39, 0.29) is 5.91 Å². The van der Waals surface area contributed by atoms with Crippen molar-refractivity contribution in [2.75, 3.05) is 51.3 Å². The zero-order chi connectivity index (χ0) is 22.4. The first-order valence-corrected chi connectivity index (χ1v) is 13.2. The number of aryl methyl sites for hydroxylation is 1. The van der Waals surface area contributed by atoms with E-state index in [1.165, 1.54) is 30.6 Å². The minimum atomic E-state index is 0.0327. The fraction of sp³-hybridized carbons (Fsp3) is 0.640. The van der Waals surface area contributed by atoms with Crippen molar-refractivity contribution in [1.29, 1.82) is 0 Å². The van der Waals surface area contributed by atoms with Crippen LogP contribution in [0.15, 0.2) is 18.5 Å². The van der Waals surface area contributed by atoms with Gasteiger partial charge in [0, 0.05) is 26.2 Å². The van der Waals surface area contributed by atoms with Crippen LogP contribution in [0.1, 0.15) is 40.9 Å². The summed E-state index contributed by atoms with van der Waals surface area (Å²) in [7, 11) is 0. The van der Waals surface area contributed by atoms with Gasteiger partial charge in [0.2, 0.25) is 0 Å². The number of thiophene rings is 1. The number of allylic oxidation sites excluding steroid dienone is 2. The van der Waals surface area contributed by atoms with Crippen LogP contribution in [0.4, 0.5) is 5.82 Å². The molecule has 2 saturated carbocycles. The van der Waals surface area contributed by atoms with Crippen molar-refractivity contribution in [2.24, 2.45) is 23.2 Å². The van der Waals surface area contributed by atoms with Gasteiger partial charge >= 0.3 is 0 Å². The zero-order valence-corrected chi connectivity index (χ0v) is 20.1. The monoisotopic (exact) mass is 467 g/mol. The zero-order valence-electron chi connectivity index (χ0n) is 19.3. The lowest BCUT2D eigenvalue weighted by Crippen LogP contribution is -2.37. The van der Waals surface area contributed by atoms with Crippen molar-refractivity contribution >= 4 is 33.3 Å². The molecule has 0 aromatic carbocycles. The standard InChI is InChI=1S/C25H33N5O2S/c1-16-20-22(26-7-2-8-30-9-11-32-12-10-30)28-15-29-24(20)33-21(16)23(31)27-14-17-13-18-3-4-19(17)25(18)5-6-25/h3-4,15,17-19H,2,5-14H2,1H3,(H,27,31)(H,26,28,29)/t17-,18-,19-/m0/s1. The van der Waals surface area contributed by atoms with E-state index in [1.807, 2.05) is 6.92 Å². The quantitative estimate of drug-likeness (QED) is 0.457. The minimum Gasteiger partial charge on any atom is -0.379 e. The van der Waals surface area contributed by atoms with Crippen LogP contribution in [0.5, 0.6) is 0 Å². The molecule has 2 N–H and O–H groups in total. The average molecular weight is 468 g/mol. The Labute approximate surface area is 199 Å². The van der Waals surface area contributed by atoms with Crippen molar-refractivity contribution in [1.82, 2.24) is 20.2 Å². The van der Waals surface area contributed by atoms with Crippen molar-refractivity contribution in [3.05, 3.63) is 28.9 Å². The Hall–Kier alpha value is -2.03. The van der Waals surface area contributed by atoms with E-state index in [0.717, 1.165) is 84.8 Å². The van der Waals surface area contributed by atoms with Crippen LogP contribution >= 0.6 is 11.3 Å². The first-order valence-electron chi connectivity index (χ1n) is 12.4. The third kappa shape index (κ3) is 3.86. The molecule has 1 amide bonds. The molecule has 6 rings (SSSR count). The van der Waals surface area contributed by atoms with Crippen LogP contribution in [0.25, 0.3) is 10.2 Å². The van der Waals surface area contributed by atoms with Crippen molar-refractivity contribution in [2.45, 2.75) is 32.6 Å². The SMILES string of the molecule is Cc1c(C(=O)NC[C@@H]2C[C@@H]3C=C[C@@H]2C32CC2)sc2ncnc(NCCCN3CCOCC3)c12. The molecule has 2 aromatic heterocycles. The molecule has 7 nitrogen and oxygen atoms in total. The fourth-order valence-corrected chi connectivity index (χ4v) is 7.48. The molecular weight excluding hydrogens is 434 g/mol. The summed E-state index contributed by atoms with van der Waals surface area (Å²) in [6.45, 7) is 8.39. The number of morpholine rings is 1. The van der Waals surface area contributed by atoms with Crippen LogP contribution < -0.4 is 10.6 Å². The number of carbonyl (C=O) groups excluding carboxylic acids is 1. The minimum absolute atomic E-state index is 0.0327. The number of carbonyl (C=O) groups is 1. The van der Waals surface area contributed by atoms with E-state index in [1.54, 1.807) is 6.33 Å². The second kappa shape index (κ2) is 8.64. The number of hydrogen-bond donors (Lipinski definition) is 2. The van der Waals surface area contributed by atoms with E-state index in [4.69, 9.17) is 4.74 Å². The molecule has 1 spiro atoms. The normalized spacial score (nSPS) is 27.5. The maximum absolute atomic E-state index is 13.1. The summed E-state index contributed by atoms with van der Waals surface area (Å²) >= 11 is 1.48. The Morgan fingerprint density at radius 1 is 1.27 bits per heavy atom. The van der Waals surface area contributed by atoms with E-state index < -0.39 is 0 Å². The number of amides is 1. The van der Waals surface area contributed by atoms with Gasteiger partial charge in [-0.05, 0) is 67.9 Å². The lowest BCUT2D eigenvalue weighted by molar-refractivity contribution is 0.0378. The van der Waals surface area contributed by atoms with Crippen LogP contribution in [0.2, 0.25) is 0 Å². The molecule has 176 valence electrons. The number of rotatable bonds is 8. The van der Waals surface area contributed by atoms with Gasteiger partial charge in [-0.2, -0.15) is 0 Å². The van der Waals surface area contributed by atoms with Crippen LogP contribution in [0, 0.1) is 30.1 Å². The number of anilines is 1. The highest BCUT2D eigenvalue weighted by Crippen LogP contribution is 2.69. The molecule has 3 fully saturated rings. The molecule has 2 bridgehead atoms. The number of hydrogen-bond acceptors (Lipinski definition) is 7. The highest BCUT2D eigenvalue weighted by molar-refractivity contribution is 7.20. The molecule has 1 aliphatic heterocycles. The van der Waals surface area contributed by atoms with E-state index >= 15 is 0 Å². The van der Waals surface area contributed by atoms with Crippen molar-refractivity contribution < 1.29 is 9.53 Å². The Bertz CT molecular complexity index is 1070. The van der Waals surface area contributed by atoms with E-state index in [2.05, 4.69) is 37.7 Å².